The summed E-state index contributed by atoms with van der Waals surface area (Å²) in [6.45, 7) is 6.61. The second-order valence-electron chi connectivity index (χ2n) is 18.5. The van der Waals surface area contributed by atoms with E-state index in [1.165, 1.54) is 161 Å². The van der Waals surface area contributed by atoms with Gasteiger partial charge in [-0.2, -0.15) is 0 Å². The van der Waals surface area contributed by atoms with Crippen LogP contribution in [-0.2, 0) is 28.6 Å². The fourth-order valence-electron chi connectivity index (χ4n) is 7.94. The van der Waals surface area contributed by atoms with Crippen LogP contribution in [0, 0.1) is 0 Å². The standard InChI is InChI=1S/C57H104O6/c1-4-7-10-13-16-19-22-25-27-28-30-32-35-38-41-44-47-50-56(59)62-53-54(52-61-55(58)49-46-43-40-37-34-31-24-21-18-15-12-9-6-3)63-57(60)51-48-45-42-39-36-33-29-26-23-20-17-14-11-8-5-2/h17,20-21,24,26,29,54H,4-16,18-19,22-23,25,27-28,30-53H2,1-3H3/t54-/m1/s1. The maximum Gasteiger partial charge on any atom is 0.306 e. The Labute approximate surface area is 391 Å². The number of carbonyl (C=O) groups excluding carboxylic acids is 3. The smallest absolute Gasteiger partial charge is 0.306 e. The topological polar surface area (TPSA) is 78.9 Å². The normalized spacial score (nSPS) is 12.2. The summed E-state index contributed by atoms with van der Waals surface area (Å²) in [4.78, 5) is 38.0. The van der Waals surface area contributed by atoms with E-state index in [1.807, 2.05) is 0 Å². The maximum atomic E-state index is 12.8. The molecule has 0 heterocycles. The number of ether oxygens (including phenoxy) is 3. The van der Waals surface area contributed by atoms with E-state index in [2.05, 4.69) is 57.2 Å². The summed E-state index contributed by atoms with van der Waals surface area (Å²) in [6.07, 6.45) is 61.3. The molecule has 0 aromatic carbocycles. The third-order valence-electron chi connectivity index (χ3n) is 12.1. The van der Waals surface area contributed by atoms with Gasteiger partial charge in [0.25, 0.3) is 0 Å². The highest BCUT2D eigenvalue weighted by Gasteiger charge is 2.19. The third-order valence-corrected chi connectivity index (χ3v) is 12.1. The molecule has 0 aromatic rings. The van der Waals surface area contributed by atoms with Crippen molar-refractivity contribution in [3.63, 3.8) is 0 Å². The Morgan fingerprint density at radius 1 is 0.317 bits per heavy atom. The van der Waals surface area contributed by atoms with Crippen molar-refractivity contribution in [1.82, 2.24) is 0 Å². The second-order valence-corrected chi connectivity index (χ2v) is 18.5. The number of esters is 3. The molecule has 368 valence electrons. The lowest BCUT2D eigenvalue weighted by Gasteiger charge is -2.18. The molecule has 0 bridgehead atoms. The molecular formula is C57H104O6. The van der Waals surface area contributed by atoms with Gasteiger partial charge in [0.2, 0.25) is 0 Å². The van der Waals surface area contributed by atoms with Crippen molar-refractivity contribution in [3.05, 3.63) is 36.5 Å². The van der Waals surface area contributed by atoms with Crippen LogP contribution in [0.5, 0.6) is 0 Å². The van der Waals surface area contributed by atoms with Gasteiger partial charge in [0.15, 0.2) is 6.10 Å². The van der Waals surface area contributed by atoms with Gasteiger partial charge in [-0.3, -0.25) is 14.4 Å². The molecular weight excluding hydrogens is 781 g/mol. The average Bonchev–Trinajstić information content (AvgIpc) is 3.28. The SMILES string of the molecule is CCCCCC=CCC=CCCCCCCCC(=O)O[C@H](COC(=O)CCCCCCCC=CCCCCCC)COC(=O)CCCCCCCCCCCCCCCCCCC. The van der Waals surface area contributed by atoms with Gasteiger partial charge < -0.3 is 14.2 Å². The van der Waals surface area contributed by atoms with Crippen LogP contribution >= 0.6 is 0 Å². The molecule has 1 atom stereocenters. The monoisotopic (exact) mass is 885 g/mol. The van der Waals surface area contributed by atoms with Gasteiger partial charge in [-0.25, -0.2) is 0 Å². The largest absolute Gasteiger partial charge is 0.462 e. The lowest BCUT2D eigenvalue weighted by Crippen LogP contribution is -2.30. The quantitative estimate of drug-likeness (QED) is 0.0262. The molecule has 0 fully saturated rings. The van der Waals surface area contributed by atoms with E-state index in [9.17, 15) is 14.4 Å². The summed E-state index contributed by atoms with van der Waals surface area (Å²) in [5, 5.41) is 0. The molecule has 0 saturated carbocycles. The van der Waals surface area contributed by atoms with Crippen LogP contribution < -0.4 is 0 Å². The first kappa shape index (κ1) is 60.6. The molecule has 0 radical (unpaired) electrons. The first-order chi connectivity index (χ1) is 31.0. The summed E-state index contributed by atoms with van der Waals surface area (Å²) < 4.78 is 16.8. The van der Waals surface area contributed by atoms with E-state index >= 15 is 0 Å². The second kappa shape index (κ2) is 52.3. The molecule has 0 rings (SSSR count). The van der Waals surface area contributed by atoms with Crippen LogP contribution in [0.3, 0.4) is 0 Å². The molecule has 6 heteroatoms. The minimum absolute atomic E-state index is 0.0772. The van der Waals surface area contributed by atoms with Crippen molar-refractivity contribution in [2.45, 2.75) is 297 Å². The average molecular weight is 885 g/mol. The van der Waals surface area contributed by atoms with Gasteiger partial charge in [0.1, 0.15) is 13.2 Å². The van der Waals surface area contributed by atoms with Gasteiger partial charge in [-0.15, -0.1) is 0 Å². The summed E-state index contributed by atoms with van der Waals surface area (Å²) in [7, 11) is 0. The summed E-state index contributed by atoms with van der Waals surface area (Å²) in [5.41, 5.74) is 0. The number of carbonyl (C=O) groups is 3. The molecule has 0 spiro atoms. The minimum atomic E-state index is -0.779. The van der Waals surface area contributed by atoms with E-state index in [0.717, 1.165) is 89.9 Å². The van der Waals surface area contributed by atoms with E-state index in [-0.39, 0.29) is 31.1 Å². The minimum Gasteiger partial charge on any atom is -0.462 e. The molecule has 0 unspecified atom stereocenters. The van der Waals surface area contributed by atoms with Crippen molar-refractivity contribution in [2.24, 2.45) is 0 Å². The van der Waals surface area contributed by atoms with Crippen LogP contribution in [0.15, 0.2) is 36.5 Å². The predicted octanol–water partition coefficient (Wildman–Crippen LogP) is 18.1. The van der Waals surface area contributed by atoms with Crippen molar-refractivity contribution in [3.8, 4) is 0 Å². The lowest BCUT2D eigenvalue weighted by atomic mass is 10.0. The first-order valence-corrected chi connectivity index (χ1v) is 27.5. The van der Waals surface area contributed by atoms with E-state index in [1.54, 1.807) is 0 Å². The molecule has 0 aliphatic rings. The Kier molecular flexibility index (Phi) is 50.3. The number of hydrogen-bond acceptors (Lipinski definition) is 6. The zero-order valence-corrected chi connectivity index (χ0v) is 42.1. The maximum absolute atomic E-state index is 12.8. The molecule has 0 aliphatic carbocycles. The number of rotatable bonds is 50. The third kappa shape index (κ3) is 50.5. The predicted molar refractivity (Wildman–Crippen MR) is 270 cm³/mol. The summed E-state index contributed by atoms with van der Waals surface area (Å²) >= 11 is 0. The van der Waals surface area contributed by atoms with Crippen LogP contribution in [0.4, 0.5) is 0 Å². The van der Waals surface area contributed by atoms with E-state index < -0.39 is 6.10 Å². The van der Waals surface area contributed by atoms with Crippen molar-refractivity contribution < 1.29 is 28.6 Å². The summed E-state index contributed by atoms with van der Waals surface area (Å²) in [6, 6.07) is 0. The Morgan fingerprint density at radius 3 is 0.937 bits per heavy atom. The Balaban J connectivity index is 4.36. The molecule has 0 aromatic heterocycles. The molecule has 0 saturated heterocycles. The van der Waals surface area contributed by atoms with Crippen molar-refractivity contribution in [1.29, 1.82) is 0 Å². The van der Waals surface area contributed by atoms with Crippen LogP contribution in [0.25, 0.3) is 0 Å². The lowest BCUT2D eigenvalue weighted by molar-refractivity contribution is -0.167. The van der Waals surface area contributed by atoms with Gasteiger partial charge in [-0.05, 0) is 77.0 Å². The fourth-order valence-corrected chi connectivity index (χ4v) is 7.94. The highest BCUT2D eigenvalue weighted by atomic mass is 16.6. The number of hydrogen-bond donors (Lipinski definition) is 0. The van der Waals surface area contributed by atoms with Crippen molar-refractivity contribution >= 4 is 17.9 Å². The van der Waals surface area contributed by atoms with Gasteiger partial charge in [-0.1, -0.05) is 231 Å². The molecule has 63 heavy (non-hydrogen) atoms. The molecule has 6 nitrogen and oxygen atoms in total. The Bertz CT molecular complexity index is 1060. The fraction of sp³-hybridized carbons (Fsp3) is 0.842. The van der Waals surface area contributed by atoms with Gasteiger partial charge >= 0.3 is 17.9 Å². The van der Waals surface area contributed by atoms with Gasteiger partial charge in [0.05, 0.1) is 0 Å². The zero-order chi connectivity index (χ0) is 45.8. The highest BCUT2D eigenvalue weighted by molar-refractivity contribution is 5.71. The first-order valence-electron chi connectivity index (χ1n) is 27.5. The highest BCUT2D eigenvalue weighted by Crippen LogP contribution is 2.16. The number of unbranched alkanes of at least 4 members (excludes halogenated alkanes) is 33. The number of allylic oxidation sites excluding steroid dienone is 6. The van der Waals surface area contributed by atoms with Gasteiger partial charge in [0, 0.05) is 19.3 Å². The Hall–Kier alpha value is -2.37. The molecule has 0 amide bonds. The van der Waals surface area contributed by atoms with Crippen LogP contribution in [0.2, 0.25) is 0 Å². The van der Waals surface area contributed by atoms with Crippen molar-refractivity contribution in [2.75, 3.05) is 13.2 Å². The molecule has 0 N–H and O–H groups in total. The van der Waals surface area contributed by atoms with E-state index in [0.29, 0.717) is 19.3 Å². The van der Waals surface area contributed by atoms with Crippen LogP contribution in [-0.4, -0.2) is 37.2 Å². The van der Waals surface area contributed by atoms with Crippen LogP contribution in [0.1, 0.15) is 290 Å². The Morgan fingerprint density at radius 2 is 0.571 bits per heavy atom. The summed E-state index contributed by atoms with van der Waals surface area (Å²) in [5.74, 6) is -0.887. The zero-order valence-electron chi connectivity index (χ0n) is 42.1. The molecule has 0 aliphatic heterocycles. The van der Waals surface area contributed by atoms with E-state index in [4.69, 9.17) is 14.2 Å².